The zero-order valence-electron chi connectivity index (χ0n) is 16.7. The van der Waals surface area contributed by atoms with Gasteiger partial charge in [0.05, 0.1) is 29.4 Å². The number of aromatic nitrogens is 2. The molecule has 2 aromatic rings. The molecular weight excluding hydrogens is 394 g/mol. The number of hydrogen-bond acceptors (Lipinski definition) is 6. The molecule has 1 amide bonds. The molecule has 1 aromatic carbocycles. The number of aliphatic hydroxyl groups is 1. The van der Waals surface area contributed by atoms with Gasteiger partial charge < -0.3 is 20.1 Å². The average molecular weight is 416 g/mol. The van der Waals surface area contributed by atoms with Gasteiger partial charge >= 0.3 is 0 Å². The largest absolute Gasteiger partial charge is 0.491 e. The van der Waals surface area contributed by atoms with Crippen molar-refractivity contribution in [1.82, 2.24) is 15.3 Å². The van der Waals surface area contributed by atoms with Crippen molar-refractivity contribution in [2.24, 2.45) is 0 Å². The Hall–Kier alpha value is -2.81. The minimum absolute atomic E-state index is 0.138. The second-order valence-electron chi connectivity index (χ2n) is 8.26. The van der Waals surface area contributed by atoms with Crippen LogP contribution in [-0.2, 0) is 12.3 Å². The summed E-state index contributed by atoms with van der Waals surface area (Å²) in [5.41, 5.74) is 1.59. The lowest BCUT2D eigenvalue weighted by atomic mass is 10.0. The number of rotatable bonds is 2. The van der Waals surface area contributed by atoms with Crippen LogP contribution in [0.3, 0.4) is 0 Å². The van der Waals surface area contributed by atoms with Crippen LogP contribution in [0.1, 0.15) is 41.9 Å². The second kappa shape index (κ2) is 6.60. The molecule has 0 saturated carbocycles. The van der Waals surface area contributed by atoms with Crippen molar-refractivity contribution in [2.75, 3.05) is 18.1 Å². The fourth-order valence-electron chi connectivity index (χ4n) is 4.17. The molecule has 2 aliphatic heterocycles. The van der Waals surface area contributed by atoms with E-state index >= 15 is 0 Å². The van der Waals surface area contributed by atoms with Gasteiger partial charge in [0, 0.05) is 24.1 Å². The maximum Gasteiger partial charge on any atom is 0.290 e. The number of carbonyl (C=O) groups excluding carboxylic acids is 1. The van der Waals surface area contributed by atoms with Crippen LogP contribution >= 0.6 is 0 Å². The minimum Gasteiger partial charge on any atom is -0.491 e. The van der Waals surface area contributed by atoms with E-state index in [9.17, 15) is 18.7 Å². The van der Waals surface area contributed by atoms with Crippen LogP contribution < -0.4 is 15.0 Å². The number of ether oxygens (including phenoxy) is 1. The van der Waals surface area contributed by atoms with Gasteiger partial charge in [-0.3, -0.25) is 4.79 Å². The molecule has 0 radical (unpaired) electrons. The standard InChI is InChI=1S/C21H22F2N4O3/c1-10-9-30-16-7-12(3-4-13(16)19(29)24-10)17-14-5-6-21(22,23)18(14)26-20(25-17)27-8-15(28)11(27)2/h3-4,7,10-11,15,28H,5-6,8-9H2,1-2H3,(H,24,29)/t10-,11-,15+/m0/s1. The van der Waals surface area contributed by atoms with Gasteiger partial charge in [-0.2, -0.15) is 8.78 Å². The first-order chi connectivity index (χ1) is 14.2. The number of nitrogens with zero attached hydrogens (tertiary/aromatic N) is 3. The summed E-state index contributed by atoms with van der Waals surface area (Å²) in [4.78, 5) is 22.9. The van der Waals surface area contributed by atoms with Crippen molar-refractivity contribution >= 4 is 11.9 Å². The highest BCUT2D eigenvalue weighted by Gasteiger charge is 2.45. The molecule has 9 heteroatoms. The molecule has 3 atom stereocenters. The van der Waals surface area contributed by atoms with Crippen molar-refractivity contribution < 1.29 is 23.4 Å². The Kier molecular flexibility index (Phi) is 4.22. The number of β-amino-alcohol motifs (C(OH)–C–C–N with tert-alkyl or cyclic N) is 1. The molecule has 30 heavy (non-hydrogen) atoms. The summed E-state index contributed by atoms with van der Waals surface area (Å²) in [7, 11) is 0. The van der Waals surface area contributed by atoms with Gasteiger partial charge in [-0.25, -0.2) is 9.97 Å². The van der Waals surface area contributed by atoms with Crippen LogP contribution in [0.25, 0.3) is 11.3 Å². The number of benzene rings is 1. The van der Waals surface area contributed by atoms with Gasteiger partial charge in [0.15, 0.2) is 0 Å². The first-order valence-electron chi connectivity index (χ1n) is 10.1. The number of fused-ring (bicyclic) bond motifs is 2. The molecule has 5 rings (SSSR count). The molecule has 0 bridgehead atoms. The molecule has 3 heterocycles. The van der Waals surface area contributed by atoms with E-state index in [0.717, 1.165) is 0 Å². The van der Waals surface area contributed by atoms with Gasteiger partial charge in [-0.05, 0) is 32.4 Å². The predicted molar refractivity (Wildman–Crippen MR) is 105 cm³/mol. The summed E-state index contributed by atoms with van der Waals surface area (Å²) >= 11 is 0. The zero-order chi connectivity index (χ0) is 21.2. The fraction of sp³-hybridized carbons (Fsp3) is 0.476. The van der Waals surface area contributed by atoms with E-state index in [0.29, 0.717) is 41.3 Å². The Morgan fingerprint density at radius 1 is 1.30 bits per heavy atom. The lowest BCUT2D eigenvalue weighted by Gasteiger charge is -2.43. The summed E-state index contributed by atoms with van der Waals surface area (Å²) in [6.07, 6.45) is -0.675. The van der Waals surface area contributed by atoms with Gasteiger partial charge in [-0.1, -0.05) is 6.07 Å². The van der Waals surface area contributed by atoms with E-state index in [1.807, 2.05) is 6.92 Å². The van der Waals surface area contributed by atoms with Crippen molar-refractivity contribution in [2.45, 2.75) is 50.8 Å². The first-order valence-corrected chi connectivity index (χ1v) is 10.1. The SMILES string of the molecule is C[C@H]1COc2cc(-c3nc(N4C[C@@H](O)[C@@H]4C)nc4c3CCC4(F)F)ccc2C(=O)N1. The molecule has 1 aromatic heterocycles. The van der Waals surface area contributed by atoms with Gasteiger partial charge in [-0.15, -0.1) is 0 Å². The van der Waals surface area contributed by atoms with E-state index in [1.165, 1.54) is 0 Å². The van der Waals surface area contributed by atoms with Gasteiger partial charge in [0.25, 0.3) is 11.8 Å². The maximum atomic E-state index is 14.6. The van der Waals surface area contributed by atoms with Crippen molar-refractivity contribution in [3.63, 3.8) is 0 Å². The molecule has 0 unspecified atom stereocenters. The molecule has 158 valence electrons. The van der Waals surface area contributed by atoms with Crippen LogP contribution in [0.2, 0.25) is 0 Å². The summed E-state index contributed by atoms with van der Waals surface area (Å²) in [6.45, 7) is 4.27. The molecular formula is C21H22F2N4O3. The highest BCUT2D eigenvalue weighted by Crippen LogP contribution is 2.45. The topological polar surface area (TPSA) is 87.6 Å². The van der Waals surface area contributed by atoms with Crippen LogP contribution in [0.15, 0.2) is 18.2 Å². The molecule has 0 spiro atoms. The van der Waals surface area contributed by atoms with E-state index in [-0.39, 0.29) is 42.5 Å². The third kappa shape index (κ3) is 2.91. The lowest BCUT2D eigenvalue weighted by Crippen LogP contribution is -2.59. The average Bonchev–Trinajstić information content (AvgIpc) is 2.95. The number of anilines is 1. The normalized spacial score (nSPS) is 26.8. The number of amides is 1. The zero-order valence-corrected chi connectivity index (χ0v) is 16.7. The molecule has 1 aliphatic carbocycles. The Balaban J connectivity index is 1.63. The lowest BCUT2D eigenvalue weighted by molar-refractivity contribution is -0.00603. The number of alkyl halides is 2. The Morgan fingerprint density at radius 3 is 2.83 bits per heavy atom. The van der Waals surface area contributed by atoms with Crippen molar-refractivity contribution in [3.8, 4) is 17.0 Å². The molecule has 1 saturated heterocycles. The summed E-state index contributed by atoms with van der Waals surface area (Å²) < 4.78 is 34.9. The van der Waals surface area contributed by atoms with Crippen molar-refractivity contribution in [1.29, 1.82) is 0 Å². The molecule has 1 fully saturated rings. The molecule has 7 nitrogen and oxygen atoms in total. The van der Waals surface area contributed by atoms with Gasteiger partial charge in [0.1, 0.15) is 18.1 Å². The van der Waals surface area contributed by atoms with E-state index in [4.69, 9.17) is 4.74 Å². The number of nitrogens with one attached hydrogen (secondary N) is 1. The van der Waals surface area contributed by atoms with Crippen molar-refractivity contribution in [3.05, 3.63) is 35.0 Å². The highest BCUT2D eigenvalue weighted by atomic mass is 19.3. The third-order valence-corrected chi connectivity index (χ3v) is 6.09. The Morgan fingerprint density at radius 2 is 2.10 bits per heavy atom. The fourth-order valence-corrected chi connectivity index (χ4v) is 4.17. The van der Waals surface area contributed by atoms with Crippen LogP contribution in [0.4, 0.5) is 14.7 Å². The number of halogens is 2. The van der Waals surface area contributed by atoms with Crippen LogP contribution in [-0.4, -0.2) is 52.3 Å². The third-order valence-electron chi connectivity index (χ3n) is 6.09. The monoisotopic (exact) mass is 416 g/mol. The predicted octanol–water partition coefficient (Wildman–Crippen LogP) is 2.26. The van der Waals surface area contributed by atoms with E-state index in [2.05, 4.69) is 15.3 Å². The first kappa shape index (κ1) is 19.2. The summed E-state index contributed by atoms with van der Waals surface area (Å²) in [6, 6.07) is 4.64. The van der Waals surface area contributed by atoms with E-state index < -0.39 is 12.0 Å². The summed E-state index contributed by atoms with van der Waals surface area (Å²) in [5.74, 6) is -2.66. The smallest absolute Gasteiger partial charge is 0.290 e. The molecule has 3 aliphatic rings. The molecule has 2 N–H and O–H groups in total. The number of aliphatic hydroxyl groups excluding tert-OH is 1. The second-order valence-corrected chi connectivity index (χ2v) is 8.26. The maximum absolute atomic E-state index is 14.6. The van der Waals surface area contributed by atoms with Crippen LogP contribution in [0.5, 0.6) is 5.75 Å². The van der Waals surface area contributed by atoms with Crippen LogP contribution in [0, 0.1) is 0 Å². The minimum atomic E-state index is -3.02. The van der Waals surface area contributed by atoms with E-state index in [1.54, 1.807) is 30.0 Å². The number of carbonyl (C=O) groups is 1. The Labute approximate surface area is 172 Å². The number of hydrogen-bond donors (Lipinski definition) is 2. The summed E-state index contributed by atoms with van der Waals surface area (Å²) in [5, 5.41) is 12.7. The van der Waals surface area contributed by atoms with Gasteiger partial charge in [0.2, 0.25) is 5.95 Å². The highest BCUT2D eigenvalue weighted by molar-refractivity contribution is 5.98. The quantitative estimate of drug-likeness (QED) is 0.781. The Bertz CT molecular complexity index is 1050.